The second-order valence-corrected chi connectivity index (χ2v) is 7.13. The molecule has 5 nitrogen and oxygen atoms in total. The first-order valence-electron chi connectivity index (χ1n) is 8.84. The van der Waals surface area contributed by atoms with Crippen LogP contribution in [0.2, 0.25) is 0 Å². The fraction of sp³-hybridized carbons (Fsp3) is 0.0455. The monoisotopic (exact) mass is 404 g/mol. The van der Waals surface area contributed by atoms with E-state index in [4.69, 9.17) is 5.73 Å². The van der Waals surface area contributed by atoms with Gasteiger partial charge in [0, 0.05) is 27.9 Å². The zero-order chi connectivity index (χ0) is 20.4. The number of aryl methyl sites for hydroxylation is 1. The topological polar surface area (TPSA) is 83.9 Å². The van der Waals surface area contributed by atoms with Crippen molar-refractivity contribution in [2.45, 2.75) is 11.8 Å². The second-order valence-electron chi connectivity index (χ2n) is 6.51. The fourth-order valence-corrected chi connectivity index (χ4v) is 3.58. The van der Waals surface area contributed by atoms with Crippen LogP contribution in [0.25, 0.3) is 22.0 Å². The Morgan fingerprint density at radius 2 is 1.79 bits per heavy atom. The molecule has 0 unspecified atom stereocenters. The summed E-state index contributed by atoms with van der Waals surface area (Å²) in [5, 5.41) is 10.1. The molecule has 0 bridgehead atoms. The van der Waals surface area contributed by atoms with Crippen molar-refractivity contribution >= 4 is 39.9 Å². The third-order valence-electron chi connectivity index (χ3n) is 4.61. The van der Waals surface area contributed by atoms with Gasteiger partial charge in [-0.3, -0.25) is 4.98 Å². The van der Waals surface area contributed by atoms with E-state index in [2.05, 4.69) is 15.2 Å². The molecule has 0 aliphatic rings. The van der Waals surface area contributed by atoms with E-state index in [0.717, 1.165) is 27.6 Å². The van der Waals surface area contributed by atoms with Crippen LogP contribution in [0.1, 0.15) is 5.56 Å². The molecule has 0 atom stereocenters. The van der Waals surface area contributed by atoms with Gasteiger partial charge in [0.05, 0.1) is 17.6 Å². The quantitative estimate of drug-likeness (QED) is 0.220. The summed E-state index contributed by atoms with van der Waals surface area (Å²) in [6, 6.07) is 17.4. The minimum absolute atomic E-state index is 0.273. The lowest BCUT2D eigenvalue weighted by Crippen LogP contribution is -1.89. The molecule has 3 aromatic carbocycles. The highest BCUT2D eigenvalue weighted by Crippen LogP contribution is 2.38. The van der Waals surface area contributed by atoms with Crippen molar-refractivity contribution in [2.75, 3.05) is 5.73 Å². The molecule has 4 rings (SSSR count). The average molecular weight is 404 g/mol. The third-order valence-corrected chi connectivity index (χ3v) is 5.14. The van der Waals surface area contributed by atoms with E-state index in [1.165, 1.54) is 12.1 Å². The number of pyridine rings is 1. The summed E-state index contributed by atoms with van der Waals surface area (Å²) in [5.74, 6) is -0.273. The number of hydrogen-bond acceptors (Lipinski definition) is 6. The molecule has 0 amide bonds. The number of aromatic nitrogens is 1. The first kappa shape index (κ1) is 19.0. The molecular weight excluding hydrogens is 387 g/mol. The third kappa shape index (κ3) is 3.83. The number of hydrogen-bond donors (Lipinski definition) is 2. The van der Waals surface area contributed by atoms with E-state index in [1.54, 1.807) is 24.4 Å². The summed E-state index contributed by atoms with van der Waals surface area (Å²) in [6.45, 7) is 1.84. The van der Waals surface area contributed by atoms with Gasteiger partial charge < -0.3 is 10.3 Å². The van der Waals surface area contributed by atoms with Crippen LogP contribution < -0.4 is 5.73 Å². The zero-order valence-corrected chi connectivity index (χ0v) is 16.3. The van der Waals surface area contributed by atoms with Gasteiger partial charge in [-0.25, -0.2) is 4.39 Å². The van der Waals surface area contributed by atoms with E-state index >= 15 is 0 Å². The van der Waals surface area contributed by atoms with Gasteiger partial charge in [0.2, 0.25) is 0 Å². The van der Waals surface area contributed by atoms with Gasteiger partial charge in [-0.15, -0.1) is 10.2 Å². The van der Waals surface area contributed by atoms with E-state index in [9.17, 15) is 8.94 Å². The molecule has 29 heavy (non-hydrogen) atoms. The van der Waals surface area contributed by atoms with Crippen molar-refractivity contribution in [3.63, 3.8) is 0 Å². The Morgan fingerprint density at radius 3 is 2.48 bits per heavy atom. The predicted molar refractivity (Wildman–Crippen MR) is 115 cm³/mol. The van der Waals surface area contributed by atoms with Crippen molar-refractivity contribution < 1.29 is 8.94 Å². The highest BCUT2D eigenvalue weighted by Gasteiger charge is 2.10. The van der Waals surface area contributed by atoms with Gasteiger partial charge >= 0.3 is 0 Å². The number of nitrogens with zero attached hydrogens (tertiary/aromatic N) is 3. The smallest absolute Gasteiger partial charge is 0.123 e. The van der Waals surface area contributed by atoms with Crippen molar-refractivity contribution in [3.8, 4) is 11.3 Å². The molecule has 3 N–H and O–H groups in total. The van der Waals surface area contributed by atoms with Crippen LogP contribution in [-0.2, 0) is 0 Å². The summed E-state index contributed by atoms with van der Waals surface area (Å²) >= 11 is 0.648. The lowest BCUT2D eigenvalue weighted by Gasteiger charge is -2.08. The van der Waals surface area contributed by atoms with Crippen LogP contribution >= 0.6 is 12.0 Å². The molecule has 0 aliphatic carbocycles. The minimum Gasteiger partial charge on any atom is -0.396 e. The molecular formula is C22H17FN4OS. The Balaban J connectivity index is 1.65. The second kappa shape index (κ2) is 7.98. The molecule has 4 aromatic rings. The molecule has 0 radical (unpaired) electrons. The fourth-order valence-electron chi connectivity index (χ4n) is 3.14. The largest absolute Gasteiger partial charge is 0.396 e. The number of benzene rings is 3. The lowest BCUT2D eigenvalue weighted by molar-refractivity contribution is 0.627. The van der Waals surface area contributed by atoms with Crippen molar-refractivity contribution in [1.82, 2.24) is 4.98 Å². The molecule has 0 aliphatic heterocycles. The Kier molecular flexibility index (Phi) is 5.24. The first-order valence-corrected chi connectivity index (χ1v) is 9.61. The van der Waals surface area contributed by atoms with Crippen molar-refractivity contribution in [1.29, 1.82) is 0 Å². The number of rotatable bonds is 4. The number of anilines is 1. The summed E-state index contributed by atoms with van der Waals surface area (Å²) in [5.41, 5.74) is 10.2. The minimum atomic E-state index is -0.273. The van der Waals surface area contributed by atoms with Gasteiger partial charge in [0.15, 0.2) is 0 Å². The van der Waals surface area contributed by atoms with Crippen LogP contribution in [0.15, 0.2) is 82.0 Å². The first-order chi connectivity index (χ1) is 14.1. The maximum Gasteiger partial charge on any atom is 0.123 e. The normalized spacial score (nSPS) is 11.4. The summed E-state index contributed by atoms with van der Waals surface area (Å²) < 4.78 is 22.9. The molecule has 0 saturated heterocycles. The van der Waals surface area contributed by atoms with E-state index < -0.39 is 0 Å². The van der Waals surface area contributed by atoms with Crippen LogP contribution in [0.5, 0.6) is 0 Å². The van der Waals surface area contributed by atoms with Crippen LogP contribution in [0, 0.1) is 12.7 Å². The molecule has 0 saturated carbocycles. The SMILES string of the molecule is Cc1cc(F)ccc1-c1ccc(N=Nc2cc(SO)c3ccccc3c2N)cn1. The standard InChI is InChI=1S/C22H17FN4OS/c1-13-10-14(23)6-8-16(13)19-9-7-15(12-25-19)26-27-20-11-21(29-28)17-4-2-3-5-18(17)22(20)24/h2-12,28H,24H2,1H3. The molecule has 144 valence electrons. The van der Waals surface area contributed by atoms with Crippen LogP contribution in [0.4, 0.5) is 21.5 Å². The summed E-state index contributed by atoms with van der Waals surface area (Å²) in [4.78, 5) is 5.06. The van der Waals surface area contributed by atoms with Crippen LogP contribution in [0.3, 0.4) is 0 Å². The van der Waals surface area contributed by atoms with Gasteiger partial charge in [-0.05, 0) is 54.3 Å². The lowest BCUT2D eigenvalue weighted by atomic mass is 10.1. The van der Waals surface area contributed by atoms with Crippen LogP contribution in [-0.4, -0.2) is 9.54 Å². The van der Waals surface area contributed by atoms with E-state index in [-0.39, 0.29) is 5.82 Å². The summed E-state index contributed by atoms with van der Waals surface area (Å²) in [7, 11) is 0. The molecule has 1 aromatic heterocycles. The predicted octanol–water partition coefficient (Wildman–Crippen LogP) is 6.91. The van der Waals surface area contributed by atoms with Crippen molar-refractivity contribution in [3.05, 3.63) is 78.2 Å². The Bertz CT molecular complexity index is 1230. The number of fused-ring (bicyclic) bond motifs is 1. The number of azo groups is 1. The molecule has 0 spiro atoms. The molecule has 7 heteroatoms. The average Bonchev–Trinajstić information content (AvgIpc) is 2.74. The van der Waals surface area contributed by atoms with Gasteiger partial charge in [0.1, 0.15) is 17.2 Å². The maximum absolute atomic E-state index is 13.3. The van der Waals surface area contributed by atoms with Crippen molar-refractivity contribution in [2.24, 2.45) is 10.2 Å². The Hall–Kier alpha value is -3.29. The Labute approximate surface area is 171 Å². The molecule has 1 heterocycles. The number of nitrogen functional groups attached to an aromatic ring is 1. The Morgan fingerprint density at radius 1 is 1.00 bits per heavy atom. The van der Waals surface area contributed by atoms with E-state index in [1.807, 2.05) is 37.3 Å². The number of nitrogens with two attached hydrogens (primary N) is 1. The maximum atomic E-state index is 13.3. The number of halogens is 1. The highest BCUT2D eigenvalue weighted by molar-refractivity contribution is 7.94. The van der Waals surface area contributed by atoms with Gasteiger partial charge in [-0.1, -0.05) is 24.3 Å². The zero-order valence-electron chi connectivity index (χ0n) is 15.5. The van der Waals surface area contributed by atoms with E-state index in [0.29, 0.717) is 34.0 Å². The highest BCUT2D eigenvalue weighted by atomic mass is 32.2. The van der Waals surface area contributed by atoms with Gasteiger partial charge in [-0.2, -0.15) is 0 Å². The van der Waals surface area contributed by atoms with Gasteiger partial charge in [0.25, 0.3) is 0 Å². The summed E-state index contributed by atoms with van der Waals surface area (Å²) in [6.07, 6.45) is 1.60. The molecule has 0 fully saturated rings.